The molecule has 2 N–H and O–H groups in total. The van der Waals surface area contributed by atoms with Crippen LogP contribution in [0.2, 0.25) is 0 Å². The zero-order valence-electron chi connectivity index (χ0n) is 12.6. The molecule has 2 aromatic rings. The number of aromatic nitrogens is 2. The van der Waals surface area contributed by atoms with Gasteiger partial charge in [-0.2, -0.15) is 5.10 Å². The maximum absolute atomic E-state index is 12.7. The number of rotatable bonds is 2. The third-order valence-electron chi connectivity index (χ3n) is 4.34. The lowest BCUT2D eigenvalue weighted by molar-refractivity contribution is 0.0176. The van der Waals surface area contributed by atoms with Crippen LogP contribution in [-0.4, -0.2) is 59.4 Å². The van der Waals surface area contributed by atoms with Crippen LogP contribution in [0.1, 0.15) is 10.4 Å². The topological polar surface area (TPSA) is 70.2 Å². The van der Waals surface area contributed by atoms with Gasteiger partial charge in [-0.1, -0.05) is 12.1 Å². The third kappa shape index (κ3) is 3.10. The number of morpholine rings is 1. The number of carbonyl (C=O) groups is 1. The Morgan fingerprint density at radius 3 is 3.00 bits per heavy atom. The molecule has 1 aromatic carbocycles. The molecule has 1 aromatic heterocycles. The lowest BCUT2D eigenvalue weighted by Gasteiger charge is -2.25. The van der Waals surface area contributed by atoms with E-state index < -0.39 is 0 Å². The quantitative estimate of drug-likeness (QED) is 0.869. The van der Waals surface area contributed by atoms with Crippen LogP contribution in [0, 0.1) is 0 Å². The lowest BCUT2D eigenvalue weighted by Crippen LogP contribution is -2.47. The first-order valence-corrected chi connectivity index (χ1v) is 7.55. The second-order valence-electron chi connectivity index (χ2n) is 5.75. The molecule has 0 saturated carbocycles. The minimum atomic E-state index is 0. The molecular weight excluding hydrogens is 316 g/mol. The average molecular weight is 335 g/mol. The standard InChI is InChI=1S/C16H18N4O2.ClH/c21-16(20-9-14-15(10-20)22-5-4-17-14)12-3-1-2-11(6-12)13-7-18-19-8-13;/h1-3,6-8,14-15,17H,4-5,9-10H2,(H,18,19);1H/t14-,15-;/m0./s1. The molecule has 3 heterocycles. The highest BCUT2D eigenvalue weighted by Crippen LogP contribution is 2.22. The molecule has 7 heteroatoms. The summed E-state index contributed by atoms with van der Waals surface area (Å²) in [5.74, 6) is 0.0603. The van der Waals surface area contributed by atoms with Crippen LogP contribution in [0.5, 0.6) is 0 Å². The average Bonchev–Trinajstić information content (AvgIpc) is 3.23. The van der Waals surface area contributed by atoms with Gasteiger partial charge in [0.15, 0.2) is 0 Å². The van der Waals surface area contributed by atoms with Crippen molar-refractivity contribution in [2.45, 2.75) is 12.1 Å². The Labute approximate surface area is 140 Å². The predicted octanol–water partition coefficient (Wildman–Crippen LogP) is 1.31. The minimum Gasteiger partial charge on any atom is -0.373 e. The molecule has 1 amide bonds. The summed E-state index contributed by atoms with van der Waals surface area (Å²) in [6.45, 7) is 2.95. The second-order valence-corrected chi connectivity index (χ2v) is 5.75. The zero-order valence-corrected chi connectivity index (χ0v) is 13.4. The van der Waals surface area contributed by atoms with Gasteiger partial charge in [-0.05, 0) is 17.7 Å². The normalized spacial score (nSPS) is 23.2. The highest BCUT2D eigenvalue weighted by molar-refractivity contribution is 5.95. The van der Waals surface area contributed by atoms with Crippen LogP contribution in [0.15, 0.2) is 36.7 Å². The summed E-state index contributed by atoms with van der Waals surface area (Å²) in [4.78, 5) is 14.6. The van der Waals surface area contributed by atoms with E-state index in [1.807, 2.05) is 35.4 Å². The van der Waals surface area contributed by atoms with Crippen LogP contribution in [0.4, 0.5) is 0 Å². The largest absolute Gasteiger partial charge is 0.373 e. The molecule has 0 spiro atoms. The first-order chi connectivity index (χ1) is 10.8. The Morgan fingerprint density at radius 1 is 1.30 bits per heavy atom. The van der Waals surface area contributed by atoms with Gasteiger partial charge in [0.2, 0.25) is 0 Å². The van der Waals surface area contributed by atoms with Crippen molar-refractivity contribution in [3.8, 4) is 11.1 Å². The summed E-state index contributed by atoms with van der Waals surface area (Å²) >= 11 is 0. The summed E-state index contributed by atoms with van der Waals surface area (Å²) in [5.41, 5.74) is 2.68. The van der Waals surface area contributed by atoms with Gasteiger partial charge in [0.05, 0.1) is 24.9 Å². The Kier molecular flexibility index (Phi) is 4.66. The van der Waals surface area contributed by atoms with Crippen molar-refractivity contribution in [2.24, 2.45) is 0 Å². The van der Waals surface area contributed by atoms with E-state index in [0.717, 1.165) is 24.3 Å². The van der Waals surface area contributed by atoms with Crippen molar-refractivity contribution in [1.29, 1.82) is 0 Å². The summed E-state index contributed by atoms with van der Waals surface area (Å²) in [5, 5.41) is 10.2. The molecule has 2 saturated heterocycles. The fourth-order valence-corrected chi connectivity index (χ4v) is 3.18. The molecule has 2 atom stereocenters. The summed E-state index contributed by atoms with van der Waals surface area (Å²) in [6, 6.07) is 7.93. The highest BCUT2D eigenvalue weighted by atomic mass is 35.5. The molecule has 4 rings (SSSR count). The van der Waals surface area contributed by atoms with E-state index in [-0.39, 0.29) is 30.5 Å². The second kappa shape index (κ2) is 6.70. The van der Waals surface area contributed by atoms with E-state index in [9.17, 15) is 4.79 Å². The van der Waals surface area contributed by atoms with Crippen molar-refractivity contribution in [3.05, 3.63) is 42.2 Å². The number of H-pyrrole nitrogens is 1. The number of fused-ring (bicyclic) bond motifs is 1. The number of ether oxygens (including phenoxy) is 1. The van der Waals surface area contributed by atoms with Crippen molar-refractivity contribution in [3.63, 3.8) is 0 Å². The first-order valence-electron chi connectivity index (χ1n) is 7.55. The van der Waals surface area contributed by atoms with Crippen LogP contribution in [-0.2, 0) is 4.74 Å². The van der Waals surface area contributed by atoms with Gasteiger partial charge in [0.25, 0.3) is 5.91 Å². The van der Waals surface area contributed by atoms with Crippen LogP contribution in [0.25, 0.3) is 11.1 Å². The molecule has 23 heavy (non-hydrogen) atoms. The molecule has 2 aliphatic rings. The first kappa shape index (κ1) is 16.0. The van der Waals surface area contributed by atoms with E-state index in [1.54, 1.807) is 6.20 Å². The van der Waals surface area contributed by atoms with Crippen molar-refractivity contribution < 1.29 is 9.53 Å². The van der Waals surface area contributed by atoms with Crippen LogP contribution in [0.3, 0.4) is 0 Å². The van der Waals surface area contributed by atoms with Gasteiger partial charge in [0.1, 0.15) is 0 Å². The van der Waals surface area contributed by atoms with Crippen molar-refractivity contribution in [1.82, 2.24) is 20.4 Å². The highest BCUT2D eigenvalue weighted by Gasteiger charge is 2.37. The molecule has 122 valence electrons. The molecular formula is C16H19ClN4O2. The number of amides is 1. The van der Waals surface area contributed by atoms with Gasteiger partial charge < -0.3 is 15.0 Å². The number of carbonyl (C=O) groups excluding carboxylic acids is 1. The maximum Gasteiger partial charge on any atom is 0.254 e. The van der Waals surface area contributed by atoms with Crippen LogP contribution < -0.4 is 5.32 Å². The number of hydrogen-bond donors (Lipinski definition) is 2. The van der Waals surface area contributed by atoms with Gasteiger partial charge in [0, 0.05) is 37.0 Å². The Balaban J connectivity index is 0.00000156. The number of aromatic amines is 1. The number of hydrogen-bond acceptors (Lipinski definition) is 4. The Bertz CT molecular complexity index is 662. The van der Waals surface area contributed by atoms with Gasteiger partial charge in [-0.15, -0.1) is 12.4 Å². The monoisotopic (exact) mass is 334 g/mol. The van der Waals surface area contributed by atoms with Crippen molar-refractivity contribution in [2.75, 3.05) is 26.2 Å². The summed E-state index contributed by atoms with van der Waals surface area (Å²) in [7, 11) is 0. The number of halogens is 1. The van der Waals surface area contributed by atoms with Gasteiger partial charge in [-0.25, -0.2) is 0 Å². The maximum atomic E-state index is 12.7. The van der Waals surface area contributed by atoms with E-state index in [1.165, 1.54) is 0 Å². The number of nitrogens with one attached hydrogen (secondary N) is 2. The van der Waals surface area contributed by atoms with Crippen molar-refractivity contribution >= 4 is 18.3 Å². The molecule has 2 aliphatic heterocycles. The Hall–Kier alpha value is -1.89. The van der Waals surface area contributed by atoms with Gasteiger partial charge in [-0.3, -0.25) is 9.89 Å². The molecule has 0 aliphatic carbocycles. The number of likely N-dealkylation sites (tertiary alicyclic amines) is 1. The third-order valence-corrected chi connectivity index (χ3v) is 4.34. The van der Waals surface area contributed by atoms with E-state index in [0.29, 0.717) is 18.7 Å². The predicted molar refractivity (Wildman–Crippen MR) is 88.7 cm³/mol. The fraction of sp³-hybridized carbons (Fsp3) is 0.375. The van der Waals surface area contributed by atoms with Gasteiger partial charge >= 0.3 is 0 Å². The molecule has 2 fully saturated rings. The molecule has 0 bridgehead atoms. The van der Waals surface area contributed by atoms with E-state index in [2.05, 4.69) is 15.5 Å². The molecule has 0 unspecified atom stereocenters. The molecule has 6 nitrogen and oxygen atoms in total. The van der Waals surface area contributed by atoms with E-state index in [4.69, 9.17) is 4.74 Å². The summed E-state index contributed by atoms with van der Waals surface area (Å²) < 4.78 is 5.73. The SMILES string of the molecule is Cl.O=C(c1cccc(-c2cn[nH]c2)c1)N1C[C@@H]2NCCO[C@H]2C1. The number of nitrogens with zero attached hydrogens (tertiary/aromatic N) is 2. The summed E-state index contributed by atoms with van der Waals surface area (Å²) in [6.07, 6.45) is 3.70. The zero-order chi connectivity index (χ0) is 14.9. The van der Waals surface area contributed by atoms with E-state index >= 15 is 0 Å². The number of benzene rings is 1. The smallest absolute Gasteiger partial charge is 0.254 e. The minimum absolute atomic E-state index is 0. The fourth-order valence-electron chi connectivity index (χ4n) is 3.18. The Morgan fingerprint density at radius 2 is 2.22 bits per heavy atom. The van der Waals surface area contributed by atoms with Crippen LogP contribution >= 0.6 is 12.4 Å². The molecule has 0 radical (unpaired) electrons. The lowest BCUT2D eigenvalue weighted by atomic mass is 10.1.